The van der Waals surface area contributed by atoms with E-state index in [1.165, 1.54) is 25.7 Å². The second-order valence-corrected chi connectivity index (χ2v) is 6.81. The van der Waals surface area contributed by atoms with Crippen LogP contribution in [0, 0.1) is 11.8 Å². The zero-order chi connectivity index (χ0) is 13.1. The summed E-state index contributed by atoms with van der Waals surface area (Å²) in [7, 11) is 0. The highest BCUT2D eigenvalue weighted by Crippen LogP contribution is 2.35. The van der Waals surface area contributed by atoms with E-state index in [1.807, 2.05) is 12.1 Å². The Kier molecular flexibility index (Phi) is 4.97. The fraction of sp³-hybridized carbons (Fsp3) is 0.600. The fourth-order valence-corrected chi connectivity index (χ4v) is 3.35. The molecule has 2 rings (SSSR count). The maximum Gasteiger partial charge on any atom is 0.0593 e. The zero-order valence-corrected chi connectivity index (χ0v) is 13.4. The summed E-state index contributed by atoms with van der Waals surface area (Å²) in [5.41, 5.74) is 1.12. The maximum absolute atomic E-state index is 6.12. The van der Waals surface area contributed by atoms with Gasteiger partial charge in [0.1, 0.15) is 0 Å². The summed E-state index contributed by atoms with van der Waals surface area (Å²) in [6.45, 7) is 4.67. The molecular formula is C15H21BrClN. The van der Waals surface area contributed by atoms with Crippen LogP contribution in [0.5, 0.6) is 0 Å². The van der Waals surface area contributed by atoms with Crippen molar-refractivity contribution in [1.82, 2.24) is 0 Å². The van der Waals surface area contributed by atoms with Gasteiger partial charge < -0.3 is 5.32 Å². The van der Waals surface area contributed by atoms with Crippen molar-refractivity contribution >= 4 is 33.2 Å². The minimum absolute atomic E-state index is 0.584. The Balaban J connectivity index is 2.03. The Morgan fingerprint density at radius 3 is 2.83 bits per heavy atom. The monoisotopic (exact) mass is 329 g/mol. The summed E-state index contributed by atoms with van der Waals surface area (Å²) in [5.74, 6) is 1.65. The van der Waals surface area contributed by atoms with Crippen molar-refractivity contribution in [2.75, 3.05) is 5.32 Å². The normalized spacial score (nSPS) is 24.3. The smallest absolute Gasteiger partial charge is 0.0593 e. The van der Waals surface area contributed by atoms with E-state index in [0.29, 0.717) is 6.04 Å². The topological polar surface area (TPSA) is 12.0 Å². The Morgan fingerprint density at radius 2 is 2.11 bits per heavy atom. The average Bonchev–Trinajstić information content (AvgIpc) is 2.35. The van der Waals surface area contributed by atoms with E-state index in [1.54, 1.807) is 0 Å². The van der Waals surface area contributed by atoms with E-state index in [4.69, 9.17) is 11.6 Å². The summed E-state index contributed by atoms with van der Waals surface area (Å²) in [5, 5.41) is 4.42. The van der Waals surface area contributed by atoms with Crippen LogP contribution >= 0.6 is 27.5 Å². The lowest BCUT2D eigenvalue weighted by Crippen LogP contribution is -2.29. The molecule has 100 valence electrons. The summed E-state index contributed by atoms with van der Waals surface area (Å²) in [4.78, 5) is 0. The van der Waals surface area contributed by atoms with Crippen molar-refractivity contribution in [1.29, 1.82) is 0 Å². The molecule has 1 aromatic rings. The van der Waals surface area contributed by atoms with Gasteiger partial charge in [0.2, 0.25) is 0 Å². The summed E-state index contributed by atoms with van der Waals surface area (Å²) < 4.78 is 0.985. The molecule has 2 atom stereocenters. The van der Waals surface area contributed by atoms with Crippen molar-refractivity contribution in [3.63, 3.8) is 0 Å². The van der Waals surface area contributed by atoms with Crippen molar-refractivity contribution < 1.29 is 0 Å². The molecular weight excluding hydrogens is 310 g/mol. The molecule has 18 heavy (non-hydrogen) atoms. The van der Waals surface area contributed by atoms with Crippen LogP contribution in [0.2, 0.25) is 5.02 Å². The van der Waals surface area contributed by atoms with Gasteiger partial charge in [0.25, 0.3) is 0 Å². The van der Waals surface area contributed by atoms with E-state index in [9.17, 15) is 0 Å². The summed E-state index contributed by atoms with van der Waals surface area (Å²) in [6.07, 6.45) is 5.25. The molecule has 3 heteroatoms. The third-order valence-corrected chi connectivity index (χ3v) is 5.37. The lowest BCUT2D eigenvalue weighted by molar-refractivity contribution is 0.264. The molecule has 0 amide bonds. The summed E-state index contributed by atoms with van der Waals surface area (Å²) in [6, 6.07) is 6.59. The van der Waals surface area contributed by atoms with Gasteiger partial charge in [-0.15, -0.1) is 0 Å². The standard InChI is InChI=1S/C15H21BrClN/c1-10(2)11-5-3-6-12(9-11)18-14-8-4-7-13(17)15(14)16/h4,7-8,10-12,18H,3,5-6,9H2,1-2H3. The maximum atomic E-state index is 6.12. The van der Waals surface area contributed by atoms with Crippen LogP contribution in [-0.2, 0) is 0 Å². The molecule has 1 aliphatic carbocycles. The summed E-state index contributed by atoms with van der Waals surface area (Å²) >= 11 is 9.68. The van der Waals surface area contributed by atoms with Crippen molar-refractivity contribution in [2.24, 2.45) is 11.8 Å². The number of benzene rings is 1. The third kappa shape index (κ3) is 3.42. The van der Waals surface area contributed by atoms with Gasteiger partial charge >= 0.3 is 0 Å². The number of anilines is 1. The Hall–Kier alpha value is -0.210. The number of rotatable bonds is 3. The minimum atomic E-state index is 0.584. The first-order chi connectivity index (χ1) is 8.58. The fourth-order valence-electron chi connectivity index (χ4n) is 2.80. The first-order valence-electron chi connectivity index (χ1n) is 6.78. The predicted molar refractivity (Wildman–Crippen MR) is 83.4 cm³/mol. The second kappa shape index (κ2) is 6.29. The Morgan fingerprint density at radius 1 is 1.33 bits per heavy atom. The van der Waals surface area contributed by atoms with Gasteiger partial charge in [-0.2, -0.15) is 0 Å². The lowest BCUT2D eigenvalue weighted by atomic mass is 9.79. The molecule has 0 bridgehead atoms. The zero-order valence-electron chi connectivity index (χ0n) is 11.0. The van der Waals surface area contributed by atoms with Gasteiger partial charge in [0, 0.05) is 6.04 Å². The molecule has 1 aliphatic rings. The number of halogens is 2. The quantitative estimate of drug-likeness (QED) is 0.746. The highest BCUT2D eigenvalue weighted by Gasteiger charge is 2.24. The molecule has 1 saturated carbocycles. The largest absolute Gasteiger partial charge is 0.381 e. The van der Waals surface area contributed by atoms with Crippen LogP contribution in [0.25, 0.3) is 0 Å². The molecule has 1 aromatic carbocycles. The minimum Gasteiger partial charge on any atom is -0.381 e. The number of hydrogen-bond acceptors (Lipinski definition) is 1. The molecule has 0 aliphatic heterocycles. The molecule has 1 fully saturated rings. The SMILES string of the molecule is CC(C)C1CCCC(Nc2cccc(Cl)c2Br)C1. The van der Waals surface area contributed by atoms with Crippen molar-refractivity contribution in [3.8, 4) is 0 Å². The third-order valence-electron chi connectivity index (χ3n) is 3.97. The molecule has 0 spiro atoms. The highest BCUT2D eigenvalue weighted by molar-refractivity contribution is 9.10. The molecule has 0 aromatic heterocycles. The average molecular weight is 331 g/mol. The van der Waals surface area contributed by atoms with E-state index in [2.05, 4.69) is 41.2 Å². The second-order valence-electron chi connectivity index (χ2n) is 5.61. The van der Waals surface area contributed by atoms with Crippen LogP contribution in [0.1, 0.15) is 39.5 Å². The lowest BCUT2D eigenvalue weighted by Gasteiger charge is -2.33. The van der Waals surface area contributed by atoms with Gasteiger partial charge in [-0.05, 0) is 52.7 Å². The predicted octanol–water partition coefficient (Wildman–Crippen LogP) is 5.73. The Labute approximate surface area is 123 Å². The van der Waals surface area contributed by atoms with Gasteiger partial charge in [-0.1, -0.05) is 44.4 Å². The first kappa shape index (κ1) is 14.2. The first-order valence-corrected chi connectivity index (χ1v) is 7.95. The van der Waals surface area contributed by atoms with Crippen LogP contribution in [0.15, 0.2) is 22.7 Å². The van der Waals surface area contributed by atoms with Crippen molar-refractivity contribution in [3.05, 3.63) is 27.7 Å². The molecule has 2 unspecified atom stereocenters. The molecule has 0 saturated heterocycles. The highest BCUT2D eigenvalue weighted by atomic mass is 79.9. The molecule has 1 N–H and O–H groups in total. The van der Waals surface area contributed by atoms with E-state index in [-0.39, 0.29) is 0 Å². The van der Waals surface area contributed by atoms with Crippen molar-refractivity contribution in [2.45, 2.75) is 45.6 Å². The van der Waals surface area contributed by atoms with Gasteiger partial charge in [-0.3, -0.25) is 0 Å². The van der Waals surface area contributed by atoms with Gasteiger partial charge in [-0.25, -0.2) is 0 Å². The molecule has 1 nitrogen and oxygen atoms in total. The van der Waals surface area contributed by atoms with Crippen LogP contribution in [0.4, 0.5) is 5.69 Å². The van der Waals surface area contributed by atoms with E-state index < -0.39 is 0 Å². The number of nitrogens with one attached hydrogen (secondary N) is 1. The van der Waals surface area contributed by atoms with Gasteiger partial charge in [0.05, 0.1) is 15.2 Å². The van der Waals surface area contributed by atoms with Gasteiger partial charge in [0.15, 0.2) is 0 Å². The molecule has 0 radical (unpaired) electrons. The van der Waals surface area contributed by atoms with E-state index in [0.717, 1.165) is 27.0 Å². The Bertz CT molecular complexity index is 405. The van der Waals surface area contributed by atoms with E-state index >= 15 is 0 Å². The van der Waals surface area contributed by atoms with Crippen LogP contribution in [0.3, 0.4) is 0 Å². The molecule has 0 heterocycles. The van der Waals surface area contributed by atoms with Crippen LogP contribution in [-0.4, -0.2) is 6.04 Å². The number of hydrogen-bond donors (Lipinski definition) is 1. The van der Waals surface area contributed by atoms with Crippen LogP contribution < -0.4 is 5.32 Å².